The fraction of sp³-hybridized carbons (Fsp3) is 0.158. The number of carbonyl (C=O) groups is 1. The van der Waals surface area contributed by atoms with E-state index < -0.39 is 0 Å². The summed E-state index contributed by atoms with van der Waals surface area (Å²) < 4.78 is 1.14. The van der Waals surface area contributed by atoms with E-state index in [4.69, 9.17) is 0 Å². The summed E-state index contributed by atoms with van der Waals surface area (Å²) in [6, 6.07) is 16.4. The predicted octanol–water partition coefficient (Wildman–Crippen LogP) is 3.89. The number of amides is 1. The lowest BCUT2D eigenvalue weighted by Crippen LogP contribution is -2.34. The highest BCUT2D eigenvalue weighted by atomic mass is 32.1. The third-order valence-corrected chi connectivity index (χ3v) is 5.12. The van der Waals surface area contributed by atoms with Gasteiger partial charge in [0, 0.05) is 19.2 Å². The summed E-state index contributed by atoms with van der Waals surface area (Å²) in [4.78, 5) is 18.8. The van der Waals surface area contributed by atoms with Crippen molar-refractivity contribution in [2.75, 3.05) is 6.54 Å². The van der Waals surface area contributed by atoms with Gasteiger partial charge in [-0.15, -0.1) is 11.3 Å². The lowest BCUT2D eigenvalue weighted by molar-refractivity contribution is -0.126. The van der Waals surface area contributed by atoms with Gasteiger partial charge in [0.05, 0.1) is 10.2 Å². The zero-order valence-corrected chi connectivity index (χ0v) is 13.4. The van der Waals surface area contributed by atoms with Crippen LogP contribution in [0.2, 0.25) is 0 Å². The van der Waals surface area contributed by atoms with E-state index in [0.717, 1.165) is 28.2 Å². The van der Waals surface area contributed by atoms with E-state index in [1.54, 1.807) is 17.4 Å². The van der Waals surface area contributed by atoms with E-state index in [2.05, 4.69) is 23.2 Å². The molecule has 0 saturated heterocycles. The van der Waals surface area contributed by atoms with Crippen LogP contribution in [0, 0.1) is 0 Å². The van der Waals surface area contributed by atoms with Crippen molar-refractivity contribution in [1.29, 1.82) is 0 Å². The Bertz CT molecular complexity index is 864. The SMILES string of the molecule is O=C(/C=C/c1nc2ccccc2s1)N1CCc2ccccc2C1. The van der Waals surface area contributed by atoms with Crippen molar-refractivity contribution >= 4 is 33.5 Å². The van der Waals surface area contributed by atoms with Crippen molar-refractivity contribution < 1.29 is 4.79 Å². The number of hydrogen-bond donors (Lipinski definition) is 0. The zero-order chi connectivity index (χ0) is 15.6. The Balaban J connectivity index is 1.49. The third kappa shape index (κ3) is 2.90. The monoisotopic (exact) mass is 320 g/mol. The molecule has 1 amide bonds. The molecule has 0 bridgehead atoms. The van der Waals surface area contributed by atoms with Crippen LogP contribution in [0.5, 0.6) is 0 Å². The molecule has 4 heteroatoms. The highest BCUT2D eigenvalue weighted by molar-refractivity contribution is 7.19. The number of carbonyl (C=O) groups excluding carboxylic acids is 1. The maximum absolute atomic E-state index is 12.4. The fourth-order valence-corrected chi connectivity index (χ4v) is 3.76. The summed E-state index contributed by atoms with van der Waals surface area (Å²) in [7, 11) is 0. The lowest BCUT2D eigenvalue weighted by atomic mass is 10.00. The van der Waals surface area contributed by atoms with Crippen molar-refractivity contribution in [3.63, 3.8) is 0 Å². The molecule has 2 heterocycles. The van der Waals surface area contributed by atoms with Gasteiger partial charge in [0.1, 0.15) is 5.01 Å². The summed E-state index contributed by atoms with van der Waals surface area (Å²) in [6.45, 7) is 1.47. The molecule has 0 unspecified atom stereocenters. The van der Waals surface area contributed by atoms with Crippen LogP contribution in [-0.2, 0) is 17.8 Å². The van der Waals surface area contributed by atoms with Gasteiger partial charge < -0.3 is 4.90 Å². The van der Waals surface area contributed by atoms with Crippen molar-refractivity contribution in [2.24, 2.45) is 0 Å². The van der Waals surface area contributed by atoms with Gasteiger partial charge in [-0.25, -0.2) is 4.98 Å². The Morgan fingerprint density at radius 1 is 1.09 bits per heavy atom. The molecule has 0 fully saturated rings. The highest BCUT2D eigenvalue weighted by Gasteiger charge is 2.18. The number of fused-ring (bicyclic) bond motifs is 2. The first-order valence-electron chi connectivity index (χ1n) is 7.69. The highest BCUT2D eigenvalue weighted by Crippen LogP contribution is 2.23. The van der Waals surface area contributed by atoms with E-state index >= 15 is 0 Å². The fourth-order valence-electron chi connectivity index (χ4n) is 2.89. The molecule has 1 aliphatic heterocycles. The van der Waals surface area contributed by atoms with Gasteiger partial charge in [0.15, 0.2) is 0 Å². The van der Waals surface area contributed by atoms with Crippen LogP contribution in [-0.4, -0.2) is 22.3 Å². The topological polar surface area (TPSA) is 33.2 Å². The number of rotatable bonds is 2. The van der Waals surface area contributed by atoms with Crippen LogP contribution >= 0.6 is 11.3 Å². The summed E-state index contributed by atoms with van der Waals surface area (Å²) in [5, 5.41) is 0.872. The molecule has 1 aliphatic rings. The third-order valence-electron chi connectivity index (χ3n) is 4.12. The largest absolute Gasteiger partial charge is 0.334 e. The van der Waals surface area contributed by atoms with E-state index in [-0.39, 0.29) is 5.91 Å². The molecule has 0 N–H and O–H groups in total. The average molecular weight is 320 g/mol. The predicted molar refractivity (Wildman–Crippen MR) is 94.2 cm³/mol. The van der Waals surface area contributed by atoms with Gasteiger partial charge in [0.25, 0.3) is 0 Å². The molecule has 0 saturated carbocycles. The van der Waals surface area contributed by atoms with Crippen LogP contribution in [0.4, 0.5) is 0 Å². The molecule has 114 valence electrons. The Morgan fingerprint density at radius 2 is 1.87 bits per heavy atom. The minimum absolute atomic E-state index is 0.0544. The van der Waals surface area contributed by atoms with Gasteiger partial charge in [-0.2, -0.15) is 0 Å². The maximum atomic E-state index is 12.4. The van der Waals surface area contributed by atoms with Gasteiger partial charge in [-0.1, -0.05) is 36.4 Å². The molecular formula is C19H16N2OS. The second-order valence-corrected chi connectivity index (χ2v) is 6.69. The molecule has 0 spiro atoms. The molecule has 0 atom stereocenters. The van der Waals surface area contributed by atoms with E-state index in [0.29, 0.717) is 6.54 Å². The summed E-state index contributed by atoms with van der Waals surface area (Å²) >= 11 is 1.61. The van der Waals surface area contributed by atoms with Crippen LogP contribution < -0.4 is 0 Å². The van der Waals surface area contributed by atoms with Gasteiger partial charge >= 0.3 is 0 Å². The molecule has 2 aromatic carbocycles. The summed E-state index contributed by atoms with van der Waals surface area (Å²) in [6.07, 6.45) is 4.40. The number of benzene rings is 2. The molecular weight excluding hydrogens is 304 g/mol. The molecule has 0 radical (unpaired) electrons. The van der Waals surface area contributed by atoms with Crippen molar-refractivity contribution in [3.05, 3.63) is 70.7 Å². The number of thiazole rings is 1. The number of hydrogen-bond acceptors (Lipinski definition) is 3. The Morgan fingerprint density at radius 3 is 2.74 bits per heavy atom. The minimum atomic E-state index is 0.0544. The van der Waals surface area contributed by atoms with Crippen molar-refractivity contribution in [3.8, 4) is 0 Å². The molecule has 3 nitrogen and oxygen atoms in total. The van der Waals surface area contributed by atoms with E-state index in [1.165, 1.54) is 11.1 Å². The van der Waals surface area contributed by atoms with Crippen LogP contribution in [0.25, 0.3) is 16.3 Å². The Kier molecular flexibility index (Phi) is 3.67. The smallest absolute Gasteiger partial charge is 0.246 e. The molecule has 1 aromatic heterocycles. The summed E-state index contributed by atoms with van der Waals surface area (Å²) in [5.74, 6) is 0.0544. The number of nitrogens with zero attached hydrogens (tertiary/aromatic N) is 2. The molecule has 0 aliphatic carbocycles. The number of para-hydroxylation sites is 1. The maximum Gasteiger partial charge on any atom is 0.246 e. The van der Waals surface area contributed by atoms with E-state index in [9.17, 15) is 4.79 Å². The minimum Gasteiger partial charge on any atom is -0.334 e. The number of aromatic nitrogens is 1. The first-order chi connectivity index (χ1) is 11.3. The van der Waals surface area contributed by atoms with Gasteiger partial charge in [0.2, 0.25) is 5.91 Å². The van der Waals surface area contributed by atoms with Gasteiger partial charge in [-0.3, -0.25) is 4.79 Å². The quantitative estimate of drug-likeness (QED) is 0.671. The van der Waals surface area contributed by atoms with Crippen LogP contribution in [0.3, 0.4) is 0 Å². The zero-order valence-electron chi connectivity index (χ0n) is 12.6. The molecule has 23 heavy (non-hydrogen) atoms. The lowest BCUT2D eigenvalue weighted by Gasteiger charge is -2.27. The molecule has 3 aromatic rings. The first-order valence-corrected chi connectivity index (χ1v) is 8.50. The van der Waals surface area contributed by atoms with Crippen LogP contribution in [0.15, 0.2) is 54.6 Å². The first kappa shape index (κ1) is 14.2. The van der Waals surface area contributed by atoms with Crippen molar-refractivity contribution in [1.82, 2.24) is 9.88 Å². The Hall–Kier alpha value is -2.46. The average Bonchev–Trinajstić information content (AvgIpc) is 3.02. The summed E-state index contributed by atoms with van der Waals surface area (Å²) in [5.41, 5.74) is 3.59. The van der Waals surface area contributed by atoms with E-state index in [1.807, 2.05) is 41.3 Å². The second kappa shape index (κ2) is 5.97. The van der Waals surface area contributed by atoms with Crippen molar-refractivity contribution in [2.45, 2.75) is 13.0 Å². The second-order valence-electron chi connectivity index (χ2n) is 5.63. The van der Waals surface area contributed by atoms with Crippen LogP contribution in [0.1, 0.15) is 16.1 Å². The standard InChI is InChI=1S/C19H16N2OS/c22-19(21-12-11-14-5-1-2-6-15(14)13-21)10-9-18-20-16-7-3-4-8-17(16)23-18/h1-10H,11-13H2/b10-9+. The molecule has 4 rings (SSSR count). The Labute approximate surface area is 138 Å². The van der Waals surface area contributed by atoms with Gasteiger partial charge in [-0.05, 0) is 35.8 Å². The normalized spacial score (nSPS) is 14.3.